The van der Waals surface area contributed by atoms with Gasteiger partial charge in [0, 0.05) is 30.5 Å². The molecule has 7 nitrogen and oxygen atoms in total. The third kappa shape index (κ3) is 5.72. The van der Waals surface area contributed by atoms with Crippen molar-refractivity contribution >= 4 is 28.9 Å². The first-order chi connectivity index (χ1) is 15.0. The molecule has 0 atom stereocenters. The van der Waals surface area contributed by atoms with E-state index in [4.69, 9.17) is 4.74 Å². The topological polar surface area (TPSA) is 79.4 Å². The van der Waals surface area contributed by atoms with Crippen LogP contribution in [0.4, 0.5) is 23.0 Å². The lowest BCUT2D eigenvalue weighted by Crippen LogP contribution is -2.20. The summed E-state index contributed by atoms with van der Waals surface area (Å²) in [7, 11) is 0. The van der Waals surface area contributed by atoms with Gasteiger partial charge in [0.05, 0.1) is 0 Å². The molecule has 31 heavy (non-hydrogen) atoms. The van der Waals surface area contributed by atoms with Gasteiger partial charge in [0.25, 0.3) is 5.91 Å². The highest BCUT2D eigenvalue weighted by molar-refractivity contribution is 5.92. The molecule has 0 aliphatic carbocycles. The summed E-state index contributed by atoms with van der Waals surface area (Å²) in [6, 6.07) is 17.1. The molecule has 1 aliphatic rings. The summed E-state index contributed by atoms with van der Waals surface area (Å²) in [5.41, 5.74) is 2.69. The Labute approximate surface area is 182 Å². The Hall–Kier alpha value is -3.61. The molecule has 0 unspecified atom stereocenters. The van der Waals surface area contributed by atoms with E-state index < -0.39 is 0 Å². The number of carbonyl (C=O) groups excluding carboxylic acids is 1. The number of aryl methyl sites for hydroxylation is 2. The number of aromatic nitrogens is 2. The summed E-state index contributed by atoms with van der Waals surface area (Å²) in [5.74, 6) is 2.94. The van der Waals surface area contributed by atoms with Gasteiger partial charge in [-0.15, -0.1) is 0 Å². The second-order valence-corrected chi connectivity index (χ2v) is 7.71. The number of rotatable bonds is 7. The van der Waals surface area contributed by atoms with Crippen molar-refractivity contribution in [2.75, 3.05) is 35.2 Å². The Morgan fingerprint density at radius 1 is 1.00 bits per heavy atom. The highest BCUT2D eigenvalue weighted by Gasteiger charge is 2.15. The number of hydrogen-bond acceptors (Lipinski definition) is 6. The molecule has 1 amide bonds. The average Bonchev–Trinajstić information content (AvgIpc) is 3.28. The molecule has 1 aliphatic heterocycles. The SMILES string of the molecule is Cc1cccc(OCC(=O)Nc2ccc(Nc3cc(N4CCCC4)nc(C)n3)cc2)c1. The summed E-state index contributed by atoms with van der Waals surface area (Å²) in [6.45, 7) is 5.93. The summed E-state index contributed by atoms with van der Waals surface area (Å²) in [6.07, 6.45) is 2.41. The molecule has 7 heteroatoms. The summed E-state index contributed by atoms with van der Waals surface area (Å²) < 4.78 is 5.55. The normalized spacial score (nSPS) is 13.2. The minimum absolute atomic E-state index is 0.0387. The smallest absolute Gasteiger partial charge is 0.262 e. The van der Waals surface area contributed by atoms with Gasteiger partial charge in [-0.2, -0.15) is 0 Å². The van der Waals surface area contributed by atoms with Crippen LogP contribution in [0.15, 0.2) is 54.6 Å². The molecule has 0 radical (unpaired) electrons. The van der Waals surface area contributed by atoms with Gasteiger partial charge in [0.1, 0.15) is 23.2 Å². The number of hydrogen-bond donors (Lipinski definition) is 2. The van der Waals surface area contributed by atoms with Gasteiger partial charge in [-0.3, -0.25) is 4.79 Å². The van der Waals surface area contributed by atoms with Crippen molar-refractivity contribution in [2.24, 2.45) is 0 Å². The first kappa shape index (κ1) is 20.7. The maximum Gasteiger partial charge on any atom is 0.262 e. The Kier molecular flexibility index (Phi) is 6.31. The van der Waals surface area contributed by atoms with Crippen molar-refractivity contribution in [3.8, 4) is 5.75 Å². The molecule has 2 aromatic carbocycles. The molecule has 2 N–H and O–H groups in total. The lowest BCUT2D eigenvalue weighted by molar-refractivity contribution is -0.118. The van der Waals surface area contributed by atoms with E-state index in [1.54, 1.807) is 0 Å². The van der Waals surface area contributed by atoms with Crippen LogP contribution in [0.25, 0.3) is 0 Å². The fraction of sp³-hybridized carbons (Fsp3) is 0.292. The first-order valence-electron chi connectivity index (χ1n) is 10.5. The first-order valence-corrected chi connectivity index (χ1v) is 10.5. The van der Waals surface area contributed by atoms with E-state index in [-0.39, 0.29) is 12.5 Å². The Balaban J connectivity index is 1.33. The van der Waals surface area contributed by atoms with Gasteiger partial charge in [0.15, 0.2) is 6.61 Å². The minimum Gasteiger partial charge on any atom is -0.484 e. The van der Waals surface area contributed by atoms with Crippen molar-refractivity contribution in [3.05, 3.63) is 66.0 Å². The van der Waals surface area contributed by atoms with Crippen molar-refractivity contribution < 1.29 is 9.53 Å². The molecule has 160 valence electrons. The van der Waals surface area contributed by atoms with Crippen LogP contribution in [0.1, 0.15) is 24.2 Å². The fourth-order valence-electron chi connectivity index (χ4n) is 3.56. The van der Waals surface area contributed by atoms with Gasteiger partial charge in [0.2, 0.25) is 0 Å². The monoisotopic (exact) mass is 417 g/mol. The standard InChI is InChI=1S/C24H27N5O2/c1-17-6-5-7-21(14-17)31-16-24(30)28-20-10-8-19(9-11-20)27-22-15-23(26-18(2)25-22)29-12-3-4-13-29/h5-11,14-15H,3-4,12-13,16H2,1-2H3,(H,28,30)(H,25,26,27). The van der Waals surface area contributed by atoms with Gasteiger partial charge >= 0.3 is 0 Å². The molecular weight excluding hydrogens is 390 g/mol. The quantitative estimate of drug-likeness (QED) is 0.591. The number of anilines is 4. The average molecular weight is 418 g/mol. The Morgan fingerprint density at radius 2 is 1.74 bits per heavy atom. The van der Waals surface area contributed by atoms with Crippen LogP contribution in [0, 0.1) is 13.8 Å². The molecule has 0 bridgehead atoms. The number of benzene rings is 2. The van der Waals surface area contributed by atoms with E-state index in [1.165, 1.54) is 12.8 Å². The highest BCUT2D eigenvalue weighted by atomic mass is 16.5. The molecular formula is C24H27N5O2. The van der Waals surface area contributed by atoms with E-state index in [2.05, 4.69) is 25.5 Å². The van der Waals surface area contributed by atoms with Crippen LogP contribution >= 0.6 is 0 Å². The lowest BCUT2D eigenvalue weighted by atomic mass is 10.2. The number of nitrogens with one attached hydrogen (secondary N) is 2. The number of ether oxygens (including phenoxy) is 1. The van der Waals surface area contributed by atoms with Gasteiger partial charge in [-0.25, -0.2) is 9.97 Å². The molecule has 4 rings (SSSR count). The minimum atomic E-state index is -0.205. The summed E-state index contributed by atoms with van der Waals surface area (Å²) in [4.78, 5) is 23.5. The second kappa shape index (κ2) is 9.47. The maximum atomic E-state index is 12.2. The summed E-state index contributed by atoms with van der Waals surface area (Å²) in [5, 5.41) is 6.18. The molecule has 1 saturated heterocycles. The lowest BCUT2D eigenvalue weighted by Gasteiger charge is -2.18. The summed E-state index contributed by atoms with van der Waals surface area (Å²) >= 11 is 0. The largest absolute Gasteiger partial charge is 0.484 e. The van der Waals surface area contributed by atoms with Crippen molar-refractivity contribution in [3.63, 3.8) is 0 Å². The number of nitrogens with zero attached hydrogens (tertiary/aromatic N) is 3. The third-order valence-electron chi connectivity index (χ3n) is 5.06. The van der Waals surface area contributed by atoms with Crippen LogP contribution in [0.5, 0.6) is 5.75 Å². The third-order valence-corrected chi connectivity index (χ3v) is 5.06. The van der Waals surface area contributed by atoms with E-state index in [0.717, 1.165) is 41.8 Å². The Bertz CT molecular complexity index is 1050. The zero-order valence-corrected chi connectivity index (χ0v) is 17.9. The molecule has 0 saturated carbocycles. The zero-order valence-electron chi connectivity index (χ0n) is 17.9. The molecule has 2 heterocycles. The van der Waals surface area contributed by atoms with Crippen molar-refractivity contribution in [2.45, 2.75) is 26.7 Å². The van der Waals surface area contributed by atoms with Crippen LogP contribution < -0.4 is 20.3 Å². The van der Waals surface area contributed by atoms with Crippen molar-refractivity contribution in [1.82, 2.24) is 9.97 Å². The molecule has 1 aromatic heterocycles. The van der Waals surface area contributed by atoms with E-state index in [9.17, 15) is 4.79 Å². The van der Waals surface area contributed by atoms with Gasteiger partial charge in [-0.1, -0.05) is 12.1 Å². The zero-order chi connectivity index (χ0) is 21.6. The predicted molar refractivity (Wildman–Crippen MR) is 123 cm³/mol. The van der Waals surface area contributed by atoms with Crippen LogP contribution in [-0.4, -0.2) is 35.6 Å². The van der Waals surface area contributed by atoms with Gasteiger partial charge < -0.3 is 20.3 Å². The van der Waals surface area contributed by atoms with Gasteiger partial charge in [-0.05, 0) is 68.7 Å². The maximum absolute atomic E-state index is 12.2. The van der Waals surface area contributed by atoms with Crippen LogP contribution in [0.3, 0.4) is 0 Å². The van der Waals surface area contributed by atoms with Crippen LogP contribution in [-0.2, 0) is 4.79 Å². The number of carbonyl (C=O) groups is 1. The van der Waals surface area contributed by atoms with E-state index in [1.807, 2.05) is 68.4 Å². The van der Waals surface area contributed by atoms with Crippen LogP contribution in [0.2, 0.25) is 0 Å². The van der Waals surface area contributed by atoms with E-state index in [0.29, 0.717) is 11.4 Å². The Morgan fingerprint density at radius 3 is 2.48 bits per heavy atom. The molecule has 0 spiro atoms. The highest BCUT2D eigenvalue weighted by Crippen LogP contribution is 2.23. The van der Waals surface area contributed by atoms with E-state index >= 15 is 0 Å². The number of amides is 1. The molecule has 1 fully saturated rings. The fourth-order valence-corrected chi connectivity index (χ4v) is 3.56. The predicted octanol–water partition coefficient (Wildman–Crippen LogP) is 4.45. The molecule has 3 aromatic rings. The van der Waals surface area contributed by atoms with Crippen molar-refractivity contribution in [1.29, 1.82) is 0 Å². The second-order valence-electron chi connectivity index (χ2n) is 7.71.